The number of carbonyl (C=O) groups is 1. The van der Waals surface area contributed by atoms with Crippen LogP contribution >= 0.6 is 39.3 Å². The smallest absolute Gasteiger partial charge is 0.240 e. The van der Waals surface area contributed by atoms with Gasteiger partial charge in [0.15, 0.2) is 0 Å². The number of thioether (sulfide) groups is 1. The van der Waals surface area contributed by atoms with Crippen LogP contribution in [0.2, 0.25) is 5.02 Å². The van der Waals surface area contributed by atoms with Gasteiger partial charge in [-0.15, -0.1) is 10.2 Å². The molecule has 0 aliphatic carbocycles. The van der Waals surface area contributed by atoms with Gasteiger partial charge >= 0.3 is 0 Å². The highest BCUT2D eigenvalue weighted by molar-refractivity contribution is 9.10. The molecule has 2 heterocycles. The molecule has 0 radical (unpaired) electrons. The van der Waals surface area contributed by atoms with Gasteiger partial charge in [0.2, 0.25) is 11.1 Å². The molecule has 150 valence electrons. The molecule has 1 amide bonds. The van der Waals surface area contributed by atoms with Gasteiger partial charge in [0, 0.05) is 4.47 Å². The first-order chi connectivity index (χ1) is 14.0. The fourth-order valence-electron chi connectivity index (χ4n) is 3.02. The number of nitrogens with zero attached hydrogens (tertiary/aromatic N) is 3. The SMILES string of the molecule is COc1ccc(C2Nn3c(C)nnc3SC2C(=O)Nc2ccc(Br)cc2Cl)cc1. The minimum atomic E-state index is -0.487. The number of methoxy groups -OCH3 is 1. The molecule has 1 aliphatic rings. The van der Waals surface area contributed by atoms with Crippen LogP contribution in [0.25, 0.3) is 0 Å². The Bertz CT molecular complexity index is 1060. The van der Waals surface area contributed by atoms with E-state index < -0.39 is 5.25 Å². The number of hydrogen-bond acceptors (Lipinski definition) is 6. The van der Waals surface area contributed by atoms with Crippen molar-refractivity contribution in [2.75, 3.05) is 17.9 Å². The molecule has 0 saturated heterocycles. The average molecular weight is 495 g/mol. The summed E-state index contributed by atoms with van der Waals surface area (Å²) in [6.45, 7) is 1.86. The van der Waals surface area contributed by atoms with Gasteiger partial charge in [0.1, 0.15) is 16.8 Å². The van der Waals surface area contributed by atoms with E-state index in [-0.39, 0.29) is 11.9 Å². The van der Waals surface area contributed by atoms with Gasteiger partial charge in [-0.3, -0.25) is 4.79 Å². The highest BCUT2D eigenvalue weighted by Gasteiger charge is 2.37. The number of nitrogens with one attached hydrogen (secondary N) is 2. The second-order valence-electron chi connectivity index (χ2n) is 6.40. The summed E-state index contributed by atoms with van der Waals surface area (Å²) in [5, 5.41) is 11.8. The van der Waals surface area contributed by atoms with E-state index in [0.29, 0.717) is 15.9 Å². The summed E-state index contributed by atoms with van der Waals surface area (Å²) >= 11 is 11.0. The maximum Gasteiger partial charge on any atom is 0.240 e. The van der Waals surface area contributed by atoms with Crippen molar-refractivity contribution in [2.24, 2.45) is 0 Å². The average Bonchev–Trinajstić information content (AvgIpc) is 3.09. The van der Waals surface area contributed by atoms with Crippen molar-refractivity contribution in [1.29, 1.82) is 0 Å². The zero-order chi connectivity index (χ0) is 20.5. The van der Waals surface area contributed by atoms with Crippen LogP contribution in [0.4, 0.5) is 5.69 Å². The van der Waals surface area contributed by atoms with Crippen LogP contribution < -0.4 is 15.5 Å². The van der Waals surface area contributed by atoms with Crippen molar-refractivity contribution in [3.63, 3.8) is 0 Å². The van der Waals surface area contributed by atoms with Crippen molar-refractivity contribution >= 4 is 50.9 Å². The molecule has 3 aromatic rings. The summed E-state index contributed by atoms with van der Waals surface area (Å²) in [7, 11) is 1.62. The van der Waals surface area contributed by atoms with Crippen LogP contribution in [-0.2, 0) is 4.79 Å². The summed E-state index contributed by atoms with van der Waals surface area (Å²) in [6, 6.07) is 12.7. The predicted octanol–water partition coefficient (Wildman–Crippen LogP) is 4.41. The zero-order valence-electron chi connectivity index (χ0n) is 15.5. The van der Waals surface area contributed by atoms with Gasteiger partial charge in [-0.25, -0.2) is 4.68 Å². The second-order valence-corrected chi connectivity index (χ2v) is 8.83. The van der Waals surface area contributed by atoms with E-state index in [4.69, 9.17) is 16.3 Å². The molecule has 0 saturated carbocycles. The molecule has 0 spiro atoms. The molecule has 2 aromatic carbocycles. The number of rotatable bonds is 4. The number of carbonyl (C=O) groups excluding carboxylic acids is 1. The predicted molar refractivity (Wildman–Crippen MR) is 117 cm³/mol. The van der Waals surface area contributed by atoms with E-state index >= 15 is 0 Å². The van der Waals surface area contributed by atoms with Crippen molar-refractivity contribution < 1.29 is 9.53 Å². The van der Waals surface area contributed by atoms with E-state index in [0.717, 1.165) is 21.6 Å². The standard InChI is InChI=1S/C19H17BrClN5O2S/c1-10-23-24-19-26(10)25-16(11-3-6-13(28-2)7-4-11)17(29-19)18(27)22-15-8-5-12(20)9-14(15)21/h3-9,16-17,25H,1-2H3,(H,22,27). The number of hydrogen-bond donors (Lipinski definition) is 2. The van der Waals surface area contributed by atoms with Crippen molar-refractivity contribution in [2.45, 2.75) is 23.4 Å². The first-order valence-corrected chi connectivity index (χ1v) is 10.8. The largest absolute Gasteiger partial charge is 0.497 e. The summed E-state index contributed by atoms with van der Waals surface area (Å²) in [5.41, 5.74) is 4.86. The Balaban J connectivity index is 1.66. The van der Waals surface area contributed by atoms with Crippen LogP contribution in [0.3, 0.4) is 0 Å². The lowest BCUT2D eigenvalue weighted by Crippen LogP contribution is -2.41. The Kier molecular flexibility index (Phi) is 5.71. The highest BCUT2D eigenvalue weighted by Crippen LogP contribution is 2.38. The third-order valence-corrected chi connectivity index (χ3v) is 6.54. The number of amides is 1. The number of halogens is 2. The molecule has 0 bridgehead atoms. The molecule has 2 atom stereocenters. The molecule has 2 N–H and O–H groups in total. The topological polar surface area (TPSA) is 81.1 Å². The monoisotopic (exact) mass is 493 g/mol. The molecular formula is C19H17BrClN5O2S. The van der Waals surface area contributed by atoms with Gasteiger partial charge in [0.05, 0.1) is 23.9 Å². The maximum absolute atomic E-state index is 13.2. The van der Waals surface area contributed by atoms with Crippen LogP contribution in [0, 0.1) is 6.92 Å². The lowest BCUT2D eigenvalue weighted by molar-refractivity contribution is -0.116. The van der Waals surface area contributed by atoms with E-state index in [1.165, 1.54) is 11.8 Å². The van der Waals surface area contributed by atoms with Crippen LogP contribution in [0.5, 0.6) is 5.75 Å². The number of anilines is 1. The summed E-state index contributed by atoms with van der Waals surface area (Å²) in [6.07, 6.45) is 0. The Morgan fingerprint density at radius 3 is 2.72 bits per heavy atom. The Morgan fingerprint density at radius 2 is 2.03 bits per heavy atom. The summed E-state index contributed by atoms with van der Waals surface area (Å²) in [5.74, 6) is 1.29. The summed E-state index contributed by atoms with van der Waals surface area (Å²) in [4.78, 5) is 13.2. The number of ether oxygens (including phenoxy) is 1. The molecule has 2 unspecified atom stereocenters. The molecule has 1 aliphatic heterocycles. The van der Waals surface area contributed by atoms with Gasteiger partial charge in [-0.2, -0.15) is 0 Å². The second kappa shape index (κ2) is 8.25. The molecule has 0 fully saturated rings. The van der Waals surface area contributed by atoms with Gasteiger partial charge in [-0.05, 0) is 42.8 Å². The highest BCUT2D eigenvalue weighted by atomic mass is 79.9. The van der Waals surface area contributed by atoms with Gasteiger partial charge in [-0.1, -0.05) is 51.4 Å². The van der Waals surface area contributed by atoms with E-state index in [9.17, 15) is 4.79 Å². The van der Waals surface area contributed by atoms with Crippen molar-refractivity contribution in [3.05, 3.63) is 63.3 Å². The Labute approximate surface area is 185 Å². The first-order valence-electron chi connectivity index (χ1n) is 8.71. The number of aromatic nitrogens is 3. The first kappa shape index (κ1) is 20.1. The Morgan fingerprint density at radius 1 is 1.28 bits per heavy atom. The van der Waals surface area contributed by atoms with Gasteiger partial charge < -0.3 is 15.5 Å². The Hall–Kier alpha value is -2.23. The quantitative estimate of drug-likeness (QED) is 0.559. The van der Waals surface area contributed by atoms with Gasteiger partial charge in [0.25, 0.3) is 0 Å². The number of aryl methyl sites for hydroxylation is 1. The van der Waals surface area contributed by atoms with Crippen molar-refractivity contribution in [1.82, 2.24) is 14.9 Å². The third kappa shape index (κ3) is 4.08. The normalized spacial score (nSPS) is 17.9. The minimum absolute atomic E-state index is 0.181. The van der Waals surface area contributed by atoms with Crippen LogP contribution in [0.15, 0.2) is 52.1 Å². The molecule has 7 nitrogen and oxygen atoms in total. The fraction of sp³-hybridized carbons (Fsp3) is 0.211. The van der Waals surface area contributed by atoms with E-state index in [1.807, 2.05) is 37.3 Å². The van der Waals surface area contributed by atoms with Crippen LogP contribution in [0.1, 0.15) is 17.4 Å². The molecule has 1 aromatic heterocycles. The van der Waals surface area contributed by atoms with E-state index in [1.54, 1.807) is 23.9 Å². The zero-order valence-corrected chi connectivity index (χ0v) is 18.7. The lowest BCUT2D eigenvalue weighted by atomic mass is 10.0. The maximum atomic E-state index is 13.2. The van der Waals surface area contributed by atoms with E-state index in [2.05, 4.69) is 36.9 Å². The summed E-state index contributed by atoms with van der Waals surface area (Å²) < 4.78 is 7.89. The number of benzene rings is 2. The molecule has 4 rings (SSSR count). The van der Waals surface area contributed by atoms with Crippen molar-refractivity contribution in [3.8, 4) is 5.75 Å². The lowest BCUT2D eigenvalue weighted by Gasteiger charge is -2.32. The molecule has 10 heteroatoms. The minimum Gasteiger partial charge on any atom is -0.497 e. The molecule has 29 heavy (non-hydrogen) atoms. The fourth-order valence-corrected chi connectivity index (χ4v) is 4.86. The third-order valence-electron chi connectivity index (χ3n) is 4.52. The van der Waals surface area contributed by atoms with Crippen LogP contribution in [-0.4, -0.2) is 33.1 Å². The molecular weight excluding hydrogens is 478 g/mol. The number of fused-ring (bicyclic) bond motifs is 1.